The van der Waals surface area contributed by atoms with Crippen molar-refractivity contribution in [3.63, 3.8) is 0 Å². The highest BCUT2D eigenvalue weighted by atomic mass is 16.3. The van der Waals surface area contributed by atoms with E-state index in [0.29, 0.717) is 11.7 Å². The average Bonchev–Trinajstić information content (AvgIpc) is 3.31. The van der Waals surface area contributed by atoms with Gasteiger partial charge in [-0.15, -0.1) is 0 Å². The molecule has 3 fully saturated rings. The summed E-state index contributed by atoms with van der Waals surface area (Å²) in [6.07, 6.45) is 6.70. The molecule has 0 unspecified atom stereocenters. The van der Waals surface area contributed by atoms with Crippen molar-refractivity contribution in [2.45, 2.75) is 50.0 Å². The second-order valence-corrected chi connectivity index (χ2v) is 7.78. The van der Waals surface area contributed by atoms with Gasteiger partial charge in [0, 0.05) is 18.5 Å². The Labute approximate surface area is 133 Å². The first-order valence-electron chi connectivity index (χ1n) is 8.86. The molecule has 0 spiro atoms. The quantitative estimate of drug-likeness (QED) is 0.902. The van der Waals surface area contributed by atoms with Crippen molar-refractivity contribution in [1.29, 1.82) is 0 Å². The molecule has 1 aliphatic heterocycles. The Morgan fingerprint density at radius 3 is 2.82 bits per heavy atom. The summed E-state index contributed by atoms with van der Waals surface area (Å²) in [5.74, 6) is 1.82. The molecule has 2 N–H and O–H groups in total. The Bertz CT molecular complexity index is 542. The second-order valence-electron chi connectivity index (χ2n) is 7.78. The first kappa shape index (κ1) is 14.5. The number of aliphatic hydroxyl groups is 1. The molecule has 1 heterocycles. The van der Waals surface area contributed by atoms with Gasteiger partial charge in [-0.2, -0.15) is 0 Å². The van der Waals surface area contributed by atoms with Crippen molar-refractivity contribution >= 4 is 0 Å². The normalized spacial score (nSPS) is 36.0. The van der Waals surface area contributed by atoms with E-state index in [2.05, 4.69) is 11.0 Å². The summed E-state index contributed by atoms with van der Waals surface area (Å²) in [5.41, 5.74) is 1.45. The minimum Gasteiger partial charge on any atom is -0.508 e. The smallest absolute Gasteiger partial charge is 0.115 e. The molecule has 0 amide bonds. The fourth-order valence-electron chi connectivity index (χ4n) is 4.81. The Morgan fingerprint density at radius 2 is 2.05 bits per heavy atom. The Hall–Kier alpha value is -1.06. The summed E-state index contributed by atoms with van der Waals surface area (Å²) in [4.78, 5) is 2.63. The van der Waals surface area contributed by atoms with Crippen LogP contribution in [-0.4, -0.2) is 40.9 Å². The van der Waals surface area contributed by atoms with Crippen LogP contribution >= 0.6 is 0 Å². The molecule has 3 nitrogen and oxygen atoms in total. The molecule has 4 rings (SSSR count). The number of aliphatic hydroxyl groups excluding tert-OH is 1. The lowest BCUT2D eigenvalue weighted by atomic mass is 9.58. The average molecular weight is 301 g/mol. The molecule has 120 valence electrons. The number of phenols is 1. The van der Waals surface area contributed by atoms with Gasteiger partial charge in [0.1, 0.15) is 5.75 Å². The highest BCUT2D eigenvalue weighted by Gasteiger charge is 2.47. The summed E-state index contributed by atoms with van der Waals surface area (Å²) < 4.78 is 0. The van der Waals surface area contributed by atoms with Crippen LogP contribution < -0.4 is 0 Å². The Kier molecular flexibility index (Phi) is 3.66. The van der Waals surface area contributed by atoms with E-state index < -0.39 is 0 Å². The Balaban J connectivity index is 1.60. The first-order chi connectivity index (χ1) is 10.7. The molecule has 1 aromatic carbocycles. The van der Waals surface area contributed by atoms with Gasteiger partial charge in [0.15, 0.2) is 0 Å². The highest BCUT2D eigenvalue weighted by Crippen LogP contribution is 2.50. The second kappa shape index (κ2) is 5.54. The van der Waals surface area contributed by atoms with Crippen LogP contribution in [0, 0.1) is 11.8 Å². The molecule has 22 heavy (non-hydrogen) atoms. The number of phenolic OH excluding ortho intramolecular Hbond substituents is 1. The summed E-state index contributed by atoms with van der Waals surface area (Å²) in [6.45, 7) is 3.53. The van der Waals surface area contributed by atoms with Gasteiger partial charge >= 0.3 is 0 Å². The standard InChI is InChI=1S/C19H27NO2/c21-17-3-1-2-15(10-17)19-7-6-18(22)11-16(19)13-20(9-8-19)12-14-4-5-14/h1-3,10,14,16,18,21-22H,4-9,11-13H2/t16-,18-,19-/m0/s1. The van der Waals surface area contributed by atoms with Crippen LogP contribution in [0.5, 0.6) is 5.75 Å². The maximum Gasteiger partial charge on any atom is 0.115 e. The van der Waals surface area contributed by atoms with E-state index in [4.69, 9.17) is 0 Å². The Morgan fingerprint density at radius 1 is 1.18 bits per heavy atom. The molecule has 3 atom stereocenters. The number of hydrogen-bond donors (Lipinski definition) is 2. The zero-order chi connectivity index (χ0) is 15.2. The monoisotopic (exact) mass is 301 g/mol. The number of piperidine rings is 1. The highest BCUT2D eigenvalue weighted by molar-refractivity contribution is 5.35. The molecular weight excluding hydrogens is 274 g/mol. The minimum absolute atomic E-state index is 0.142. The number of nitrogens with zero attached hydrogens (tertiary/aromatic N) is 1. The van der Waals surface area contributed by atoms with E-state index >= 15 is 0 Å². The van der Waals surface area contributed by atoms with Crippen molar-refractivity contribution < 1.29 is 10.2 Å². The zero-order valence-corrected chi connectivity index (χ0v) is 13.2. The lowest BCUT2D eigenvalue weighted by molar-refractivity contribution is -0.00340. The predicted octanol–water partition coefficient (Wildman–Crippen LogP) is 2.91. The van der Waals surface area contributed by atoms with Gasteiger partial charge in [-0.3, -0.25) is 0 Å². The van der Waals surface area contributed by atoms with Gasteiger partial charge in [-0.25, -0.2) is 0 Å². The van der Waals surface area contributed by atoms with Crippen LogP contribution in [-0.2, 0) is 5.41 Å². The van der Waals surface area contributed by atoms with Gasteiger partial charge in [-0.1, -0.05) is 12.1 Å². The van der Waals surface area contributed by atoms with Crippen molar-refractivity contribution in [2.24, 2.45) is 11.8 Å². The first-order valence-corrected chi connectivity index (χ1v) is 8.86. The molecule has 1 aromatic rings. The van der Waals surface area contributed by atoms with Crippen LogP contribution in [0.15, 0.2) is 24.3 Å². The number of benzene rings is 1. The summed E-state index contributed by atoms with van der Waals surface area (Å²) in [5, 5.41) is 20.1. The summed E-state index contributed by atoms with van der Waals surface area (Å²) in [6, 6.07) is 7.87. The maximum absolute atomic E-state index is 10.2. The number of likely N-dealkylation sites (tertiary alicyclic amines) is 1. The van der Waals surface area contributed by atoms with Gasteiger partial charge in [-0.05, 0) is 74.6 Å². The van der Waals surface area contributed by atoms with Gasteiger partial charge in [0.25, 0.3) is 0 Å². The van der Waals surface area contributed by atoms with Gasteiger partial charge in [0.05, 0.1) is 6.10 Å². The lowest BCUT2D eigenvalue weighted by Crippen LogP contribution is -2.53. The molecule has 2 saturated carbocycles. The van der Waals surface area contributed by atoms with E-state index in [1.807, 2.05) is 12.1 Å². The largest absolute Gasteiger partial charge is 0.508 e. The molecule has 2 aliphatic carbocycles. The fraction of sp³-hybridized carbons (Fsp3) is 0.684. The van der Waals surface area contributed by atoms with E-state index in [1.165, 1.54) is 37.9 Å². The van der Waals surface area contributed by atoms with Crippen molar-refractivity contribution in [3.8, 4) is 5.75 Å². The maximum atomic E-state index is 10.2. The van der Waals surface area contributed by atoms with E-state index in [-0.39, 0.29) is 11.5 Å². The SMILES string of the molecule is Oc1cccc([C@@]23CC[C@H](O)C[C@H]2CN(CC2CC2)CC3)c1. The van der Waals surface area contributed by atoms with Gasteiger partial charge in [0.2, 0.25) is 0 Å². The number of aromatic hydroxyl groups is 1. The molecule has 3 aliphatic rings. The summed E-state index contributed by atoms with van der Waals surface area (Å²) >= 11 is 0. The number of hydrogen-bond acceptors (Lipinski definition) is 3. The third-order valence-electron chi connectivity index (χ3n) is 6.25. The predicted molar refractivity (Wildman–Crippen MR) is 86.9 cm³/mol. The molecule has 0 radical (unpaired) electrons. The third kappa shape index (κ3) is 2.65. The number of fused-ring (bicyclic) bond motifs is 1. The van der Waals surface area contributed by atoms with Crippen molar-refractivity contribution in [1.82, 2.24) is 4.90 Å². The molecule has 0 aromatic heterocycles. The van der Waals surface area contributed by atoms with Crippen LogP contribution in [0.25, 0.3) is 0 Å². The summed E-state index contributed by atoms with van der Waals surface area (Å²) in [7, 11) is 0. The molecule has 0 bridgehead atoms. The minimum atomic E-state index is -0.142. The van der Waals surface area contributed by atoms with Crippen LogP contribution in [0.3, 0.4) is 0 Å². The lowest BCUT2D eigenvalue weighted by Gasteiger charge is -2.52. The van der Waals surface area contributed by atoms with E-state index in [1.54, 1.807) is 6.07 Å². The molecular formula is C19H27NO2. The van der Waals surface area contributed by atoms with Crippen molar-refractivity contribution in [2.75, 3.05) is 19.6 Å². The molecule has 1 saturated heterocycles. The molecule has 3 heteroatoms. The topological polar surface area (TPSA) is 43.7 Å². The third-order valence-corrected chi connectivity index (χ3v) is 6.25. The fourth-order valence-corrected chi connectivity index (χ4v) is 4.81. The van der Waals surface area contributed by atoms with Crippen LogP contribution in [0.1, 0.15) is 44.1 Å². The number of rotatable bonds is 3. The van der Waals surface area contributed by atoms with Crippen LogP contribution in [0.2, 0.25) is 0 Å². The van der Waals surface area contributed by atoms with Gasteiger partial charge < -0.3 is 15.1 Å². The zero-order valence-electron chi connectivity index (χ0n) is 13.2. The van der Waals surface area contributed by atoms with Crippen molar-refractivity contribution in [3.05, 3.63) is 29.8 Å². The van der Waals surface area contributed by atoms with E-state index in [0.717, 1.165) is 31.7 Å². The van der Waals surface area contributed by atoms with E-state index in [9.17, 15) is 10.2 Å². The van der Waals surface area contributed by atoms with Crippen LogP contribution in [0.4, 0.5) is 0 Å².